The first-order chi connectivity index (χ1) is 7.29. The molecule has 1 rings (SSSR count). The summed E-state index contributed by atoms with van der Waals surface area (Å²) in [5.74, 6) is 3.09. The molecule has 0 fully saturated rings. The van der Waals surface area contributed by atoms with Crippen LogP contribution in [-0.2, 0) is 0 Å². The topological polar surface area (TPSA) is 17.1 Å². The van der Waals surface area contributed by atoms with Gasteiger partial charge in [0.15, 0.2) is 0 Å². The van der Waals surface area contributed by atoms with Gasteiger partial charge in [-0.05, 0) is 0 Å². The van der Waals surface area contributed by atoms with E-state index in [-0.39, 0.29) is 5.12 Å². The Bertz CT molecular complexity index is 325. The second kappa shape index (κ2) is 7.10. The Labute approximate surface area is 102 Å². The fourth-order valence-corrected chi connectivity index (χ4v) is 3.55. The molecule has 0 N–H and O–H groups in total. The molecule has 0 unspecified atom stereocenters. The molecule has 82 valence electrons. The Hall–Kier alpha value is -0.241. The van der Waals surface area contributed by atoms with Gasteiger partial charge in [0.1, 0.15) is 0 Å². The van der Waals surface area contributed by atoms with Gasteiger partial charge >= 0.3 is 102 Å². The van der Waals surface area contributed by atoms with E-state index in [1.165, 1.54) is 16.2 Å². The van der Waals surface area contributed by atoms with Crippen molar-refractivity contribution in [2.45, 2.75) is 25.6 Å². The predicted molar refractivity (Wildman–Crippen MR) is 69.4 cm³/mol. The summed E-state index contributed by atoms with van der Waals surface area (Å²) >= 11 is 1.86. The third-order valence-corrected chi connectivity index (χ3v) is 4.70. The van der Waals surface area contributed by atoms with Crippen LogP contribution in [0.15, 0.2) is 24.3 Å². The van der Waals surface area contributed by atoms with Crippen LogP contribution in [0.2, 0.25) is 5.82 Å². The van der Waals surface area contributed by atoms with E-state index in [0.29, 0.717) is 15.0 Å². The molecule has 0 amide bonds. The summed E-state index contributed by atoms with van der Waals surface area (Å²) in [6.07, 6.45) is 2.27. The fourth-order valence-electron chi connectivity index (χ4n) is 1.20. The quantitative estimate of drug-likeness (QED) is 0.612. The molecule has 0 bridgehead atoms. The van der Waals surface area contributed by atoms with Crippen molar-refractivity contribution in [1.29, 1.82) is 0 Å². The van der Waals surface area contributed by atoms with Crippen LogP contribution in [0.4, 0.5) is 0 Å². The molecular formula is C12H16OSSe. The van der Waals surface area contributed by atoms with Gasteiger partial charge in [-0.25, -0.2) is 0 Å². The Morgan fingerprint density at radius 2 is 2.13 bits per heavy atom. The molecule has 1 nitrogen and oxygen atoms in total. The third-order valence-electron chi connectivity index (χ3n) is 2.06. The molecule has 0 aliphatic carbocycles. The fraction of sp³-hybridized carbons (Fsp3) is 0.417. The summed E-state index contributed by atoms with van der Waals surface area (Å²) in [5.41, 5.74) is 0.918. The maximum absolute atomic E-state index is 11.9. The molecule has 0 aliphatic heterocycles. The number of benzene rings is 1. The summed E-state index contributed by atoms with van der Waals surface area (Å²) < 4.78 is 1.22. The molecule has 1 aromatic rings. The van der Waals surface area contributed by atoms with Gasteiger partial charge in [-0.15, -0.1) is 0 Å². The van der Waals surface area contributed by atoms with Crippen LogP contribution in [-0.4, -0.2) is 25.8 Å². The van der Waals surface area contributed by atoms with E-state index in [1.54, 1.807) is 0 Å². The first-order valence-corrected chi connectivity index (χ1v) is 8.65. The zero-order valence-electron chi connectivity index (χ0n) is 9.16. The standard InChI is InChI=1S/C12H16OSSe/c1-3-4-9-14-12(13)10-7-5-6-8-11(10)15-2/h5-8H,3-4,9H2,1-2H3. The number of carbonyl (C=O) groups excluding carboxylic acids is 1. The average molecular weight is 287 g/mol. The van der Waals surface area contributed by atoms with Gasteiger partial charge in [-0.1, -0.05) is 0 Å². The van der Waals surface area contributed by atoms with Gasteiger partial charge in [-0.3, -0.25) is 0 Å². The Kier molecular flexibility index (Phi) is 6.07. The number of rotatable bonds is 5. The summed E-state index contributed by atoms with van der Waals surface area (Å²) in [6, 6.07) is 7.96. The monoisotopic (exact) mass is 288 g/mol. The zero-order chi connectivity index (χ0) is 11.1. The minimum atomic E-state index is 0.239. The van der Waals surface area contributed by atoms with Crippen LogP contribution >= 0.6 is 11.8 Å². The molecule has 0 atom stereocenters. The van der Waals surface area contributed by atoms with Crippen molar-refractivity contribution < 1.29 is 4.79 Å². The van der Waals surface area contributed by atoms with Crippen molar-refractivity contribution in [1.82, 2.24) is 0 Å². The average Bonchev–Trinajstić information content (AvgIpc) is 2.29. The molecule has 0 aliphatic rings. The molecule has 0 spiro atoms. The number of unbranched alkanes of at least 4 members (excludes halogenated alkanes) is 1. The summed E-state index contributed by atoms with van der Waals surface area (Å²) in [7, 11) is 0. The maximum atomic E-state index is 11.9. The van der Waals surface area contributed by atoms with Crippen LogP contribution in [0.25, 0.3) is 0 Å². The molecular weight excluding hydrogens is 271 g/mol. The molecule has 0 radical (unpaired) electrons. The van der Waals surface area contributed by atoms with E-state index < -0.39 is 0 Å². The number of thioether (sulfide) groups is 1. The second-order valence-corrected chi connectivity index (χ2v) is 6.04. The molecule has 0 aromatic heterocycles. The van der Waals surface area contributed by atoms with Gasteiger partial charge in [0, 0.05) is 0 Å². The first-order valence-electron chi connectivity index (χ1n) is 5.09. The second-order valence-electron chi connectivity index (χ2n) is 3.19. The molecule has 1 aromatic carbocycles. The van der Waals surface area contributed by atoms with E-state index in [4.69, 9.17) is 0 Å². The number of carbonyl (C=O) groups is 1. The molecule has 0 saturated carbocycles. The van der Waals surface area contributed by atoms with Crippen LogP contribution < -0.4 is 4.46 Å². The zero-order valence-corrected chi connectivity index (χ0v) is 11.7. The molecule has 0 heterocycles. The predicted octanol–water partition coefficient (Wildman–Crippen LogP) is 2.74. The number of hydrogen-bond donors (Lipinski definition) is 0. The van der Waals surface area contributed by atoms with Crippen molar-refractivity contribution >= 4 is 36.3 Å². The molecule has 0 saturated heterocycles. The van der Waals surface area contributed by atoms with Gasteiger partial charge < -0.3 is 0 Å². The van der Waals surface area contributed by atoms with Crippen molar-refractivity contribution in [3.8, 4) is 0 Å². The van der Waals surface area contributed by atoms with Gasteiger partial charge in [-0.2, -0.15) is 0 Å². The molecule has 3 heteroatoms. The van der Waals surface area contributed by atoms with E-state index in [2.05, 4.69) is 18.8 Å². The minimum absolute atomic E-state index is 0.239. The van der Waals surface area contributed by atoms with Crippen molar-refractivity contribution in [2.24, 2.45) is 0 Å². The van der Waals surface area contributed by atoms with Gasteiger partial charge in [0.05, 0.1) is 0 Å². The first kappa shape index (κ1) is 12.8. The van der Waals surface area contributed by atoms with Crippen LogP contribution in [0.5, 0.6) is 0 Å². The SMILES string of the molecule is CCCCSC(=O)c1ccccc1[Se]C. The summed E-state index contributed by atoms with van der Waals surface area (Å²) in [6.45, 7) is 2.15. The van der Waals surface area contributed by atoms with Crippen LogP contribution in [0, 0.1) is 0 Å². The van der Waals surface area contributed by atoms with E-state index in [9.17, 15) is 4.79 Å². The van der Waals surface area contributed by atoms with Gasteiger partial charge in [0.25, 0.3) is 0 Å². The summed E-state index contributed by atoms with van der Waals surface area (Å²) in [5, 5.41) is 0.239. The van der Waals surface area contributed by atoms with E-state index in [1.807, 2.05) is 18.2 Å². The van der Waals surface area contributed by atoms with E-state index >= 15 is 0 Å². The normalized spacial score (nSPS) is 10.3. The summed E-state index contributed by atoms with van der Waals surface area (Å²) in [4.78, 5) is 11.9. The van der Waals surface area contributed by atoms with Crippen LogP contribution in [0.1, 0.15) is 30.1 Å². The van der Waals surface area contributed by atoms with Crippen molar-refractivity contribution in [3.05, 3.63) is 29.8 Å². The Morgan fingerprint density at radius 1 is 1.40 bits per heavy atom. The third kappa shape index (κ3) is 4.02. The van der Waals surface area contributed by atoms with E-state index in [0.717, 1.165) is 24.2 Å². The Balaban J connectivity index is 2.64. The van der Waals surface area contributed by atoms with Gasteiger partial charge in [0.2, 0.25) is 0 Å². The molecule has 15 heavy (non-hydrogen) atoms. The Morgan fingerprint density at radius 3 is 2.80 bits per heavy atom. The van der Waals surface area contributed by atoms with Crippen LogP contribution in [0.3, 0.4) is 0 Å². The number of hydrogen-bond acceptors (Lipinski definition) is 2. The van der Waals surface area contributed by atoms with Crippen molar-refractivity contribution in [3.63, 3.8) is 0 Å². The van der Waals surface area contributed by atoms with Crippen molar-refractivity contribution in [2.75, 3.05) is 5.75 Å².